The van der Waals surface area contributed by atoms with Gasteiger partial charge in [0.2, 0.25) is 0 Å². The third kappa shape index (κ3) is 3.29. The molecular formula is C14H11BrClNO3. The van der Waals surface area contributed by atoms with E-state index in [0.717, 1.165) is 10.9 Å². The molecule has 0 amide bonds. The SMILES string of the molecule is Cc1cc(Oc2ccc([N+](=O)[O-])c(Cl)c2)ccc1CBr. The summed E-state index contributed by atoms with van der Waals surface area (Å²) < 4.78 is 5.65. The summed E-state index contributed by atoms with van der Waals surface area (Å²) in [5.41, 5.74) is 2.15. The van der Waals surface area contributed by atoms with E-state index in [1.54, 1.807) is 0 Å². The third-order valence-corrected chi connectivity index (χ3v) is 3.72. The van der Waals surface area contributed by atoms with Gasteiger partial charge in [0.1, 0.15) is 16.5 Å². The minimum atomic E-state index is -0.527. The van der Waals surface area contributed by atoms with Gasteiger partial charge in [-0.15, -0.1) is 0 Å². The van der Waals surface area contributed by atoms with Crippen LogP contribution in [0.15, 0.2) is 36.4 Å². The van der Waals surface area contributed by atoms with Crippen molar-refractivity contribution in [2.24, 2.45) is 0 Å². The van der Waals surface area contributed by atoms with Crippen LogP contribution in [0, 0.1) is 17.0 Å². The maximum Gasteiger partial charge on any atom is 0.288 e. The number of aryl methyl sites for hydroxylation is 1. The molecule has 104 valence electrons. The second-order valence-corrected chi connectivity index (χ2v) is 5.16. The van der Waals surface area contributed by atoms with E-state index in [-0.39, 0.29) is 10.7 Å². The normalized spacial score (nSPS) is 10.3. The molecule has 0 aliphatic rings. The molecular weight excluding hydrogens is 346 g/mol. The maximum atomic E-state index is 10.7. The number of hydrogen-bond acceptors (Lipinski definition) is 3. The molecule has 0 fully saturated rings. The van der Waals surface area contributed by atoms with Crippen molar-refractivity contribution < 1.29 is 9.66 Å². The van der Waals surface area contributed by atoms with Gasteiger partial charge in [-0.2, -0.15) is 0 Å². The number of ether oxygens (including phenoxy) is 1. The molecule has 0 bridgehead atoms. The van der Waals surface area contributed by atoms with Gasteiger partial charge in [0.25, 0.3) is 5.69 Å². The molecule has 0 atom stereocenters. The molecule has 0 N–H and O–H groups in total. The molecule has 0 saturated carbocycles. The summed E-state index contributed by atoms with van der Waals surface area (Å²) in [5.74, 6) is 1.13. The van der Waals surface area contributed by atoms with Gasteiger partial charge in [-0.25, -0.2) is 0 Å². The molecule has 0 aliphatic heterocycles. The van der Waals surface area contributed by atoms with E-state index in [1.165, 1.54) is 23.8 Å². The Bertz CT molecular complexity index is 661. The van der Waals surface area contributed by atoms with Crippen molar-refractivity contribution in [2.75, 3.05) is 0 Å². The number of rotatable bonds is 4. The largest absolute Gasteiger partial charge is 0.457 e. The van der Waals surface area contributed by atoms with Crippen LogP contribution in [-0.2, 0) is 5.33 Å². The van der Waals surface area contributed by atoms with E-state index >= 15 is 0 Å². The van der Waals surface area contributed by atoms with Gasteiger partial charge >= 0.3 is 0 Å². The van der Waals surface area contributed by atoms with Gasteiger partial charge < -0.3 is 4.74 Å². The van der Waals surface area contributed by atoms with Crippen LogP contribution in [0.25, 0.3) is 0 Å². The predicted molar refractivity (Wildman–Crippen MR) is 82.0 cm³/mol. The zero-order valence-corrected chi connectivity index (χ0v) is 12.9. The standard InChI is InChI=1S/C14H11BrClNO3/c1-9-6-11(3-2-10(9)8-15)20-12-4-5-14(17(18)19)13(16)7-12/h2-7H,8H2,1H3. The lowest BCUT2D eigenvalue weighted by atomic mass is 10.1. The average molecular weight is 357 g/mol. The molecule has 4 nitrogen and oxygen atoms in total. The summed E-state index contributed by atoms with van der Waals surface area (Å²) in [6.07, 6.45) is 0. The van der Waals surface area contributed by atoms with E-state index < -0.39 is 4.92 Å². The molecule has 0 aromatic heterocycles. The van der Waals surface area contributed by atoms with Crippen LogP contribution in [-0.4, -0.2) is 4.92 Å². The Morgan fingerprint density at radius 1 is 1.25 bits per heavy atom. The fourth-order valence-electron chi connectivity index (χ4n) is 1.72. The highest BCUT2D eigenvalue weighted by Crippen LogP contribution is 2.31. The van der Waals surface area contributed by atoms with Gasteiger partial charge in [-0.1, -0.05) is 33.6 Å². The van der Waals surface area contributed by atoms with Crippen LogP contribution in [0.2, 0.25) is 5.02 Å². The highest BCUT2D eigenvalue weighted by molar-refractivity contribution is 9.08. The Labute approximate surface area is 129 Å². The number of benzene rings is 2. The second kappa shape index (κ2) is 6.24. The number of nitrogens with zero attached hydrogens (tertiary/aromatic N) is 1. The lowest BCUT2D eigenvalue weighted by molar-refractivity contribution is -0.384. The molecule has 2 rings (SSSR count). The Hall–Kier alpha value is -1.59. The van der Waals surface area contributed by atoms with Crippen LogP contribution >= 0.6 is 27.5 Å². The monoisotopic (exact) mass is 355 g/mol. The molecule has 0 saturated heterocycles. The summed E-state index contributed by atoms with van der Waals surface area (Å²) in [6, 6.07) is 10.0. The van der Waals surface area contributed by atoms with Crippen LogP contribution in [0.5, 0.6) is 11.5 Å². The predicted octanol–water partition coefficient (Wildman–Crippen LogP) is 5.24. The van der Waals surface area contributed by atoms with E-state index in [0.29, 0.717) is 11.5 Å². The number of alkyl halides is 1. The molecule has 2 aromatic rings. The number of nitro benzene ring substituents is 1. The van der Waals surface area contributed by atoms with Crippen molar-refractivity contribution in [1.82, 2.24) is 0 Å². The summed E-state index contributed by atoms with van der Waals surface area (Å²) >= 11 is 9.25. The number of hydrogen-bond donors (Lipinski definition) is 0. The topological polar surface area (TPSA) is 52.4 Å². The van der Waals surface area contributed by atoms with Crippen molar-refractivity contribution >= 4 is 33.2 Å². The van der Waals surface area contributed by atoms with Gasteiger partial charge in [0.15, 0.2) is 0 Å². The molecule has 2 aromatic carbocycles. The molecule has 0 spiro atoms. The first-order chi connectivity index (χ1) is 9.51. The Balaban J connectivity index is 2.24. The lowest BCUT2D eigenvalue weighted by Gasteiger charge is -2.09. The summed E-state index contributed by atoms with van der Waals surface area (Å²) in [4.78, 5) is 10.2. The Morgan fingerprint density at radius 3 is 2.45 bits per heavy atom. The van der Waals surface area contributed by atoms with E-state index in [9.17, 15) is 10.1 Å². The van der Waals surface area contributed by atoms with Crippen LogP contribution in [0.1, 0.15) is 11.1 Å². The Morgan fingerprint density at radius 2 is 1.90 bits per heavy atom. The van der Waals surface area contributed by atoms with E-state index in [1.807, 2.05) is 25.1 Å². The molecule has 6 heteroatoms. The van der Waals surface area contributed by atoms with Crippen LogP contribution in [0.3, 0.4) is 0 Å². The first-order valence-electron chi connectivity index (χ1n) is 5.78. The number of halogens is 2. The quantitative estimate of drug-likeness (QED) is 0.427. The minimum Gasteiger partial charge on any atom is -0.457 e. The fourth-order valence-corrected chi connectivity index (χ4v) is 2.59. The van der Waals surface area contributed by atoms with Crippen molar-refractivity contribution in [3.8, 4) is 11.5 Å². The highest BCUT2D eigenvalue weighted by Gasteiger charge is 2.13. The summed E-state index contributed by atoms with van der Waals surface area (Å²) in [6.45, 7) is 1.99. The maximum absolute atomic E-state index is 10.7. The molecule has 0 heterocycles. The van der Waals surface area contributed by atoms with Gasteiger partial charge in [-0.05, 0) is 36.2 Å². The summed E-state index contributed by atoms with van der Waals surface area (Å²) in [7, 11) is 0. The van der Waals surface area contributed by atoms with Crippen molar-refractivity contribution in [3.63, 3.8) is 0 Å². The number of nitro groups is 1. The van der Waals surface area contributed by atoms with Gasteiger partial charge in [-0.3, -0.25) is 10.1 Å². The fraction of sp³-hybridized carbons (Fsp3) is 0.143. The summed E-state index contributed by atoms with van der Waals surface area (Å²) in [5, 5.41) is 11.5. The van der Waals surface area contributed by atoms with Crippen molar-refractivity contribution in [3.05, 3.63) is 62.7 Å². The second-order valence-electron chi connectivity index (χ2n) is 4.19. The zero-order valence-electron chi connectivity index (χ0n) is 10.6. The third-order valence-electron chi connectivity index (χ3n) is 2.81. The van der Waals surface area contributed by atoms with Gasteiger partial charge in [0.05, 0.1) is 4.92 Å². The molecule has 0 unspecified atom stereocenters. The van der Waals surface area contributed by atoms with Crippen molar-refractivity contribution in [2.45, 2.75) is 12.3 Å². The zero-order chi connectivity index (χ0) is 14.7. The van der Waals surface area contributed by atoms with E-state index in [2.05, 4.69) is 15.9 Å². The average Bonchev–Trinajstić information content (AvgIpc) is 2.38. The van der Waals surface area contributed by atoms with Crippen molar-refractivity contribution in [1.29, 1.82) is 0 Å². The molecule has 0 radical (unpaired) electrons. The minimum absolute atomic E-state index is 0.0568. The first-order valence-corrected chi connectivity index (χ1v) is 7.28. The Kier molecular flexibility index (Phi) is 4.62. The van der Waals surface area contributed by atoms with Crippen LogP contribution < -0.4 is 4.74 Å². The lowest BCUT2D eigenvalue weighted by Crippen LogP contribution is -1.91. The van der Waals surface area contributed by atoms with Crippen LogP contribution in [0.4, 0.5) is 5.69 Å². The van der Waals surface area contributed by atoms with Gasteiger partial charge in [0, 0.05) is 17.5 Å². The molecule has 0 aliphatic carbocycles. The smallest absolute Gasteiger partial charge is 0.288 e. The van der Waals surface area contributed by atoms with E-state index in [4.69, 9.17) is 16.3 Å². The highest BCUT2D eigenvalue weighted by atomic mass is 79.9. The molecule has 20 heavy (non-hydrogen) atoms. The first kappa shape index (κ1) is 14.8.